The van der Waals surface area contributed by atoms with E-state index in [1.165, 1.54) is 0 Å². The molecule has 2 aromatic rings. The van der Waals surface area contributed by atoms with Crippen LogP contribution in [-0.2, 0) is 6.42 Å². The lowest BCUT2D eigenvalue weighted by Gasteiger charge is -2.13. The molecule has 5 nitrogen and oxygen atoms in total. The Kier molecular flexibility index (Phi) is 3.94. The van der Waals surface area contributed by atoms with Crippen LogP contribution in [0, 0.1) is 6.92 Å². The van der Waals surface area contributed by atoms with Crippen LogP contribution in [0.5, 0.6) is 0 Å². The summed E-state index contributed by atoms with van der Waals surface area (Å²) >= 11 is 0. The normalized spacial score (nSPS) is 12.2. The van der Waals surface area contributed by atoms with Crippen molar-refractivity contribution in [1.29, 1.82) is 0 Å². The summed E-state index contributed by atoms with van der Waals surface area (Å²) in [6, 6.07) is 3.67. The van der Waals surface area contributed by atoms with Crippen molar-refractivity contribution in [3.63, 3.8) is 0 Å². The van der Waals surface area contributed by atoms with E-state index in [2.05, 4.69) is 15.5 Å². The predicted molar refractivity (Wildman–Crippen MR) is 70.7 cm³/mol. The predicted octanol–water partition coefficient (Wildman–Crippen LogP) is 2.43. The van der Waals surface area contributed by atoms with E-state index in [0.717, 1.165) is 5.56 Å². The fraction of sp³-hybridized carbons (Fsp3) is 0.357. The summed E-state index contributed by atoms with van der Waals surface area (Å²) < 4.78 is 5.07. The number of aromatic nitrogens is 2. The van der Waals surface area contributed by atoms with Crippen LogP contribution < -0.4 is 5.32 Å². The summed E-state index contributed by atoms with van der Waals surface area (Å²) in [5.41, 5.74) is 2.25. The molecule has 1 unspecified atom stereocenters. The molecule has 1 N–H and O–H groups in total. The largest absolute Gasteiger partial charge is 0.361 e. The lowest BCUT2D eigenvalue weighted by atomic mass is 10.1. The van der Waals surface area contributed by atoms with E-state index < -0.39 is 0 Å². The van der Waals surface area contributed by atoms with Crippen LogP contribution in [0.2, 0.25) is 0 Å². The Hall–Kier alpha value is -2.17. The first-order chi connectivity index (χ1) is 9.13. The van der Waals surface area contributed by atoms with Gasteiger partial charge in [0, 0.05) is 12.4 Å². The average molecular weight is 259 g/mol. The van der Waals surface area contributed by atoms with Gasteiger partial charge in [0.1, 0.15) is 11.3 Å². The number of hydrogen-bond acceptors (Lipinski definition) is 4. The molecule has 2 rings (SSSR count). The average Bonchev–Trinajstić information content (AvgIpc) is 2.80. The molecule has 0 fully saturated rings. The van der Waals surface area contributed by atoms with E-state index in [9.17, 15) is 4.79 Å². The van der Waals surface area contributed by atoms with Crippen LogP contribution in [0.4, 0.5) is 0 Å². The van der Waals surface area contributed by atoms with Crippen molar-refractivity contribution in [3.8, 4) is 0 Å². The number of nitrogens with one attached hydrogen (secondary N) is 1. The van der Waals surface area contributed by atoms with Crippen LogP contribution in [-0.4, -0.2) is 16.0 Å². The van der Waals surface area contributed by atoms with Gasteiger partial charge in [-0.05, 0) is 38.0 Å². The van der Waals surface area contributed by atoms with Gasteiger partial charge in [0.25, 0.3) is 5.91 Å². The number of hydrogen-bond donors (Lipinski definition) is 1. The fourth-order valence-corrected chi connectivity index (χ4v) is 1.95. The molecule has 2 aromatic heterocycles. The van der Waals surface area contributed by atoms with Crippen LogP contribution in [0.1, 0.15) is 47.3 Å². The number of carbonyl (C=O) groups is 1. The monoisotopic (exact) mass is 259 g/mol. The van der Waals surface area contributed by atoms with E-state index in [1.54, 1.807) is 19.3 Å². The quantitative estimate of drug-likeness (QED) is 0.915. The molecule has 2 heterocycles. The molecule has 5 heteroatoms. The minimum Gasteiger partial charge on any atom is -0.361 e. The highest BCUT2D eigenvalue weighted by molar-refractivity contribution is 5.96. The summed E-state index contributed by atoms with van der Waals surface area (Å²) in [6.07, 6.45) is 4.09. The SMILES string of the molecule is CCc1noc(C)c1C(=O)NC(C)c1ccncc1. The van der Waals surface area contributed by atoms with Crippen LogP contribution >= 0.6 is 0 Å². The first-order valence-corrected chi connectivity index (χ1v) is 6.29. The molecule has 0 saturated heterocycles. The second-order valence-electron chi connectivity index (χ2n) is 4.39. The van der Waals surface area contributed by atoms with Crippen molar-refractivity contribution < 1.29 is 9.32 Å². The molecule has 19 heavy (non-hydrogen) atoms. The van der Waals surface area contributed by atoms with Crippen LogP contribution in [0.25, 0.3) is 0 Å². The van der Waals surface area contributed by atoms with Crippen molar-refractivity contribution in [2.45, 2.75) is 33.2 Å². The van der Waals surface area contributed by atoms with Gasteiger partial charge in [-0.2, -0.15) is 0 Å². The molecule has 0 radical (unpaired) electrons. The van der Waals surface area contributed by atoms with Crippen molar-refractivity contribution in [1.82, 2.24) is 15.5 Å². The van der Waals surface area contributed by atoms with Crippen molar-refractivity contribution >= 4 is 5.91 Å². The minimum atomic E-state index is -0.153. The van der Waals surface area contributed by atoms with Crippen molar-refractivity contribution in [2.75, 3.05) is 0 Å². The number of nitrogens with zero attached hydrogens (tertiary/aromatic N) is 2. The fourth-order valence-electron chi connectivity index (χ4n) is 1.95. The second-order valence-corrected chi connectivity index (χ2v) is 4.39. The van der Waals surface area contributed by atoms with Gasteiger partial charge in [-0.15, -0.1) is 0 Å². The molecule has 1 atom stereocenters. The van der Waals surface area contributed by atoms with Crippen molar-refractivity contribution in [2.24, 2.45) is 0 Å². The smallest absolute Gasteiger partial charge is 0.257 e. The van der Waals surface area contributed by atoms with E-state index in [-0.39, 0.29) is 11.9 Å². The van der Waals surface area contributed by atoms with Gasteiger partial charge < -0.3 is 9.84 Å². The summed E-state index contributed by atoms with van der Waals surface area (Å²) in [6.45, 7) is 5.63. The summed E-state index contributed by atoms with van der Waals surface area (Å²) in [7, 11) is 0. The van der Waals surface area contributed by atoms with Gasteiger partial charge in [0.15, 0.2) is 0 Å². The Morgan fingerprint density at radius 1 is 1.42 bits per heavy atom. The molecule has 0 aliphatic rings. The summed E-state index contributed by atoms with van der Waals surface area (Å²) in [5, 5.41) is 6.84. The third-order valence-electron chi connectivity index (χ3n) is 3.05. The maximum absolute atomic E-state index is 12.3. The topological polar surface area (TPSA) is 68.0 Å². The third-order valence-corrected chi connectivity index (χ3v) is 3.05. The molecule has 100 valence electrons. The highest BCUT2D eigenvalue weighted by Crippen LogP contribution is 2.16. The number of aryl methyl sites for hydroxylation is 2. The van der Waals surface area contributed by atoms with Gasteiger partial charge in [0.2, 0.25) is 0 Å². The summed E-state index contributed by atoms with van der Waals surface area (Å²) in [5.74, 6) is 0.399. The third kappa shape index (κ3) is 2.81. The van der Waals surface area contributed by atoms with Gasteiger partial charge in [-0.3, -0.25) is 9.78 Å². The molecule has 0 bridgehead atoms. The standard InChI is InChI=1S/C14H17N3O2/c1-4-12-13(10(3)19-17-12)14(18)16-9(2)11-5-7-15-8-6-11/h5-9H,4H2,1-3H3,(H,16,18). The number of pyridine rings is 1. The maximum Gasteiger partial charge on any atom is 0.257 e. The Morgan fingerprint density at radius 3 is 2.74 bits per heavy atom. The van der Waals surface area contributed by atoms with E-state index >= 15 is 0 Å². The van der Waals surface area contributed by atoms with Gasteiger partial charge in [-0.25, -0.2) is 0 Å². The zero-order valence-electron chi connectivity index (χ0n) is 11.3. The summed E-state index contributed by atoms with van der Waals surface area (Å²) in [4.78, 5) is 16.2. The van der Waals surface area contributed by atoms with Crippen molar-refractivity contribution in [3.05, 3.63) is 47.1 Å². The van der Waals surface area contributed by atoms with Gasteiger partial charge in [-0.1, -0.05) is 12.1 Å². The Bertz CT molecular complexity index is 563. The Labute approximate surface area is 112 Å². The van der Waals surface area contributed by atoms with E-state index in [0.29, 0.717) is 23.4 Å². The number of rotatable bonds is 4. The zero-order valence-corrected chi connectivity index (χ0v) is 11.3. The molecule has 1 amide bonds. The molecular formula is C14H17N3O2. The Morgan fingerprint density at radius 2 is 2.11 bits per heavy atom. The number of carbonyl (C=O) groups excluding carboxylic acids is 1. The van der Waals surface area contributed by atoms with Gasteiger partial charge in [0.05, 0.1) is 11.7 Å². The molecule has 0 spiro atoms. The maximum atomic E-state index is 12.3. The highest BCUT2D eigenvalue weighted by atomic mass is 16.5. The van der Waals surface area contributed by atoms with E-state index in [4.69, 9.17) is 4.52 Å². The molecule has 0 aromatic carbocycles. The van der Waals surface area contributed by atoms with Gasteiger partial charge >= 0.3 is 0 Å². The number of amides is 1. The zero-order chi connectivity index (χ0) is 13.8. The van der Waals surface area contributed by atoms with E-state index in [1.807, 2.05) is 26.0 Å². The van der Waals surface area contributed by atoms with Crippen LogP contribution in [0.3, 0.4) is 0 Å². The molecule has 0 saturated carbocycles. The molecule has 0 aliphatic heterocycles. The first kappa shape index (κ1) is 13.3. The Balaban J connectivity index is 2.15. The first-order valence-electron chi connectivity index (χ1n) is 6.29. The molecule has 0 aliphatic carbocycles. The highest BCUT2D eigenvalue weighted by Gasteiger charge is 2.20. The van der Waals surface area contributed by atoms with Crippen LogP contribution in [0.15, 0.2) is 29.0 Å². The second kappa shape index (κ2) is 5.65. The molecular weight excluding hydrogens is 242 g/mol. The lowest BCUT2D eigenvalue weighted by Crippen LogP contribution is -2.27. The minimum absolute atomic E-state index is 0.0884. The lowest BCUT2D eigenvalue weighted by molar-refractivity contribution is 0.0937.